The summed E-state index contributed by atoms with van der Waals surface area (Å²) in [7, 11) is 1.91. The first kappa shape index (κ1) is 11.3. The van der Waals surface area contributed by atoms with E-state index in [-0.39, 0.29) is 6.04 Å². The maximum absolute atomic E-state index is 5.52. The van der Waals surface area contributed by atoms with Crippen LogP contribution in [0.5, 0.6) is 0 Å². The maximum Gasteiger partial charge on any atom is 0.123 e. The summed E-state index contributed by atoms with van der Waals surface area (Å²) in [6.45, 7) is 5.52. The van der Waals surface area contributed by atoms with Crippen LogP contribution in [0.2, 0.25) is 0 Å². The molecule has 0 radical (unpaired) electrons. The average Bonchev–Trinajstić information content (AvgIpc) is 2.60. The fraction of sp³-hybridized carbons (Fsp3) is 0.636. The summed E-state index contributed by atoms with van der Waals surface area (Å²) in [5.74, 6) is 1.89. The van der Waals surface area contributed by atoms with E-state index in [9.17, 15) is 0 Å². The minimum Gasteiger partial charge on any atom is -0.465 e. The van der Waals surface area contributed by atoms with Crippen LogP contribution >= 0.6 is 0 Å². The van der Waals surface area contributed by atoms with Crippen molar-refractivity contribution in [3.8, 4) is 0 Å². The maximum atomic E-state index is 5.52. The third-order valence-electron chi connectivity index (χ3n) is 2.09. The zero-order valence-electron chi connectivity index (χ0n) is 9.17. The van der Waals surface area contributed by atoms with Crippen LogP contribution in [-0.4, -0.2) is 20.3 Å². The van der Waals surface area contributed by atoms with Crippen molar-refractivity contribution in [2.24, 2.45) is 0 Å². The van der Waals surface area contributed by atoms with Crippen molar-refractivity contribution in [3.63, 3.8) is 0 Å². The number of aryl methyl sites for hydroxylation is 1. The summed E-state index contributed by atoms with van der Waals surface area (Å²) >= 11 is 0. The van der Waals surface area contributed by atoms with Gasteiger partial charge >= 0.3 is 0 Å². The van der Waals surface area contributed by atoms with Gasteiger partial charge in [0.25, 0.3) is 0 Å². The second kappa shape index (κ2) is 5.83. The van der Waals surface area contributed by atoms with Gasteiger partial charge in [-0.15, -0.1) is 0 Å². The Morgan fingerprint density at radius 2 is 2.29 bits per heavy atom. The Bertz CT molecular complexity index is 258. The summed E-state index contributed by atoms with van der Waals surface area (Å²) in [5.41, 5.74) is 0. The zero-order chi connectivity index (χ0) is 10.4. The molecule has 1 unspecified atom stereocenters. The molecule has 0 spiro atoms. The molecule has 1 aromatic heterocycles. The lowest BCUT2D eigenvalue weighted by Crippen LogP contribution is -2.21. The van der Waals surface area contributed by atoms with E-state index in [1.54, 1.807) is 0 Å². The molecule has 80 valence electrons. The molecule has 0 saturated heterocycles. The van der Waals surface area contributed by atoms with Crippen molar-refractivity contribution in [1.82, 2.24) is 5.32 Å². The van der Waals surface area contributed by atoms with Gasteiger partial charge in [0, 0.05) is 6.61 Å². The van der Waals surface area contributed by atoms with Gasteiger partial charge in [-0.2, -0.15) is 0 Å². The van der Waals surface area contributed by atoms with E-state index >= 15 is 0 Å². The molecule has 1 N–H and O–H groups in total. The fourth-order valence-corrected chi connectivity index (χ4v) is 1.29. The summed E-state index contributed by atoms with van der Waals surface area (Å²) in [4.78, 5) is 0. The summed E-state index contributed by atoms with van der Waals surface area (Å²) < 4.78 is 11.0. The number of rotatable bonds is 6. The standard InChI is InChI=1S/C11H19NO2/c1-4-7-13-8-10(12-3)11-6-5-9(2)14-11/h5-6,10,12H,4,7-8H2,1-3H3. The Labute approximate surface area is 85.4 Å². The smallest absolute Gasteiger partial charge is 0.123 e. The molecule has 0 aromatic carbocycles. The van der Waals surface area contributed by atoms with Crippen LogP contribution in [0.4, 0.5) is 0 Å². The highest BCUT2D eigenvalue weighted by Gasteiger charge is 2.12. The van der Waals surface area contributed by atoms with E-state index in [1.165, 1.54) is 0 Å². The molecule has 0 aliphatic carbocycles. The second-order valence-electron chi connectivity index (χ2n) is 3.36. The van der Waals surface area contributed by atoms with Crippen LogP contribution in [0.15, 0.2) is 16.5 Å². The molecule has 0 aliphatic heterocycles. The van der Waals surface area contributed by atoms with E-state index in [2.05, 4.69) is 12.2 Å². The Kier molecular flexibility index (Phi) is 4.70. The number of likely N-dealkylation sites (N-methyl/N-ethyl adjacent to an activating group) is 1. The van der Waals surface area contributed by atoms with Gasteiger partial charge in [-0.1, -0.05) is 6.92 Å². The van der Waals surface area contributed by atoms with Gasteiger partial charge in [-0.3, -0.25) is 0 Å². The van der Waals surface area contributed by atoms with Gasteiger partial charge in [0.15, 0.2) is 0 Å². The van der Waals surface area contributed by atoms with Crippen LogP contribution < -0.4 is 5.32 Å². The fourth-order valence-electron chi connectivity index (χ4n) is 1.29. The minimum absolute atomic E-state index is 0.162. The van der Waals surface area contributed by atoms with E-state index in [0.717, 1.165) is 24.5 Å². The Balaban J connectivity index is 2.45. The molecule has 1 atom stereocenters. The molecule has 14 heavy (non-hydrogen) atoms. The van der Waals surface area contributed by atoms with Crippen molar-refractivity contribution >= 4 is 0 Å². The van der Waals surface area contributed by atoms with Gasteiger partial charge in [0.05, 0.1) is 12.6 Å². The third kappa shape index (κ3) is 3.16. The van der Waals surface area contributed by atoms with E-state index in [0.29, 0.717) is 6.61 Å². The minimum atomic E-state index is 0.162. The van der Waals surface area contributed by atoms with Gasteiger partial charge in [-0.05, 0) is 32.5 Å². The average molecular weight is 197 g/mol. The molecule has 0 fully saturated rings. The zero-order valence-corrected chi connectivity index (χ0v) is 9.17. The Hall–Kier alpha value is -0.800. The molecule has 0 saturated carbocycles. The van der Waals surface area contributed by atoms with Crippen molar-refractivity contribution in [2.45, 2.75) is 26.3 Å². The lowest BCUT2D eigenvalue weighted by molar-refractivity contribution is 0.108. The Morgan fingerprint density at radius 3 is 2.79 bits per heavy atom. The highest BCUT2D eigenvalue weighted by Crippen LogP contribution is 2.16. The molecular formula is C11H19NO2. The van der Waals surface area contributed by atoms with Gasteiger partial charge in [0.1, 0.15) is 11.5 Å². The van der Waals surface area contributed by atoms with Crippen molar-refractivity contribution in [3.05, 3.63) is 23.7 Å². The molecule has 1 heterocycles. The highest BCUT2D eigenvalue weighted by molar-refractivity contribution is 5.09. The molecule has 3 nitrogen and oxygen atoms in total. The van der Waals surface area contributed by atoms with Crippen LogP contribution in [0.1, 0.15) is 30.9 Å². The van der Waals surface area contributed by atoms with Crippen LogP contribution in [0, 0.1) is 6.92 Å². The van der Waals surface area contributed by atoms with Crippen LogP contribution in [0.3, 0.4) is 0 Å². The molecule has 0 bridgehead atoms. The monoisotopic (exact) mass is 197 g/mol. The molecule has 1 rings (SSSR count). The van der Waals surface area contributed by atoms with Gasteiger partial charge in [-0.25, -0.2) is 0 Å². The molecule has 1 aromatic rings. The number of nitrogens with one attached hydrogen (secondary N) is 1. The van der Waals surface area contributed by atoms with Crippen molar-refractivity contribution < 1.29 is 9.15 Å². The van der Waals surface area contributed by atoms with Gasteiger partial charge < -0.3 is 14.5 Å². The SMILES string of the molecule is CCCOCC(NC)c1ccc(C)o1. The number of furan rings is 1. The van der Waals surface area contributed by atoms with E-state index in [1.807, 2.05) is 26.1 Å². The number of hydrogen-bond acceptors (Lipinski definition) is 3. The highest BCUT2D eigenvalue weighted by atomic mass is 16.5. The predicted octanol–water partition coefficient (Wildman–Crippen LogP) is 2.28. The van der Waals surface area contributed by atoms with Crippen LogP contribution in [-0.2, 0) is 4.74 Å². The molecule has 0 aliphatic rings. The first-order valence-electron chi connectivity index (χ1n) is 5.09. The van der Waals surface area contributed by atoms with E-state index in [4.69, 9.17) is 9.15 Å². The predicted molar refractivity (Wildman–Crippen MR) is 56.4 cm³/mol. The van der Waals surface area contributed by atoms with Crippen molar-refractivity contribution in [1.29, 1.82) is 0 Å². The second-order valence-corrected chi connectivity index (χ2v) is 3.36. The molecule has 0 amide bonds. The lowest BCUT2D eigenvalue weighted by Gasteiger charge is -2.13. The van der Waals surface area contributed by atoms with Crippen molar-refractivity contribution in [2.75, 3.05) is 20.3 Å². The summed E-state index contributed by atoms with van der Waals surface area (Å²) in [6.07, 6.45) is 1.05. The number of hydrogen-bond donors (Lipinski definition) is 1. The first-order valence-corrected chi connectivity index (χ1v) is 5.09. The van der Waals surface area contributed by atoms with Crippen LogP contribution in [0.25, 0.3) is 0 Å². The summed E-state index contributed by atoms with van der Waals surface area (Å²) in [6, 6.07) is 4.13. The Morgan fingerprint density at radius 1 is 1.50 bits per heavy atom. The molecule has 3 heteroatoms. The normalized spacial score (nSPS) is 13.1. The first-order chi connectivity index (χ1) is 6.77. The third-order valence-corrected chi connectivity index (χ3v) is 2.09. The topological polar surface area (TPSA) is 34.4 Å². The van der Waals surface area contributed by atoms with Gasteiger partial charge in [0.2, 0.25) is 0 Å². The number of ether oxygens (including phenoxy) is 1. The quantitative estimate of drug-likeness (QED) is 0.710. The lowest BCUT2D eigenvalue weighted by atomic mass is 10.2. The molecular weight excluding hydrogens is 178 g/mol. The summed E-state index contributed by atoms with van der Waals surface area (Å²) in [5, 5.41) is 3.17. The van der Waals surface area contributed by atoms with E-state index < -0.39 is 0 Å². The largest absolute Gasteiger partial charge is 0.465 e.